The number of aromatic nitrogens is 4. The van der Waals surface area contributed by atoms with Crippen molar-refractivity contribution in [3.8, 4) is 39.9 Å². The summed E-state index contributed by atoms with van der Waals surface area (Å²) >= 11 is 0. The Morgan fingerprint density at radius 1 is 0.303 bits per heavy atom. The van der Waals surface area contributed by atoms with E-state index in [9.17, 15) is 0 Å². The fourth-order valence-corrected chi connectivity index (χ4v) is 10.5. The summed E-state index contributed by atoms with van der Waals surface area (Å²) in [5.41, 5.74) is 10.4. The molecule has 0 aliphatic rings. The lowest BCUT2D eigenvalue weighted by atomic mass is 9.99. The molecule has 0 aliphatic carbocycles. The van der Waals surface area contributed by atoms with Gasteiger partial charge in [-0.3, -0.25) is 0 Å². The second-order valence-electron chi connectivity index (χ2n) is 17.1. The molecule has 0 radical (unpaired) electrons. The largest absolute Gasteiger partial charge is 0.456 e. The molecule has 7 heteroatoms. The molecule has 5 aromatic heterocycles. The SMILES string of the molecule is c1ccc2cc3c(cc2c1)c1ccccc1n3-c1ccc2c(c1)cc(-c1nc(-c3cccc4oc5ccccc5c34)nc(-c3cccc4oc5ccccc5c34)n1)c1oc3ccccc3c12. The molecule has 0 atom stereocenters. The van der Waals surface area contributed by atoms with Crippen LogP contribution in [0.1, 0.15) is 0 Å². The highest BCUT2D eigenvalue weighted by Gasteiger charge is 2.24. The van der Waals surface area contributed by atoms with E-state index >= 15 is 0 Å². The summed E-state index contributed by atoms with van der Waals surface area (Å²) in [6, 6.07) is 67.4. The highest BCUT2D eigenvalue weighted by molar-refractivity contribution is 6.23. The van der Waals surface area contributed by atoms with Crippen LogP contribution in [-0.4, -0.2) is 19.5 Å². The second-order valence-corrected chi connectivity index (χ2v) is 17.1. The summed E-state index contributed by atoms with van der Waals surface area (Å²) in [5, 5.41) is 12.8. The topological polar surface area (TPSA) is 83.0 Å². The van der Waals surface area contributed by atoms with Crippen LogP contribution in [0.5, 0.6) is 0 Å². The standard InChI is InChI=1S/C59H32N4O3/c1-2-14-34-32-47-44(30-33(34)13-1)38-15-3-7-21-46(38)63(47)36-27-28-37-35(29-36)31-45(56-55(37)41-18-6-10-24-50(41)66-56)59-61-57(42-19-11-25-51-53(42)39-16-4-8-22-48(39)64-51)60-58(62-59)43-20-12-26-52-54(43)40-17-5-9-23-49(40)65-52/h1-32H. The first kappa shape index (κ1) is 35.4. The first-order valence-corrected chi connectivity index (χ1v) is 22.1. The van der Waals surface area contributed by atoms with Crippen molar-refractivity contribution in [3.63, 3.8) is 0 Å². The molecule has 0 saturated carbocycles. The average Bonchev–Trinajstić information content (AvgIpc) is 4.14. The molecule has 0 amide bonds. The first-order valence-electron chi connectivity index (χ1n) is 22.1. The van der Waals surface area contributed by atoms with E-state index in [2.05, 4.69) is 126 Å². The van der Waals surface area contributed by atoms with Crippen LogP contribution in [0.2, 0.25) is 0 Å². The van der Waals surface area contributed by atoms with Crippen molar-refractivity contribution in [3.05, 3.63) is 194 Å². The van der Waals surface area contributed by atoms with Gasteiger partial charge in [0.2, 0.25) is 0 Å². The van der Waals surface area contributed by atoms with Crippen molar-refractivity contribution in [2.45, 2.75) is 0 Å². The number of hydrogen-bond acceptors (Lipinski definition) is 6. The Kier molecular flexibility index (Phi) is 7.10. The molecule has 7 nitrogen and oxygen atoms in total. The molecule has 10 aromatic carbocycles. The van der Waals surface area contributed by atoms with Crippen molar-refractivity contribution in [1.82, 2.24) is 19.5 Å². The van der Waals surface area contributed by atoms with Crippen LogP contribution < -0.4 is 0 Å². The second kappa shape index (κ2) is 13.2. The predicted molar refractivity (Wildman–Crippen MR) is 267 cm³/mol. The quantitative estimate of drug-likeness (QED) is 0.175. The van der Waals surface area contributed by atoms with Gasteiger partial charge in [0.25, 0.3) is 0 Å². The number of para-hydroxylation sites is 4. The van der Waals surface area contributed by atoms with Gasteiger partial charge in [-0.25, -0.2) is 15.0 Å². The van der Waals surface area contributed by atoms with E-state index < -0.39 is 0 Å². The Balaban J connectivity index is 1.04. The molecular weight excluding hydrogens is 813 g/mol. The molecule has 0 fully saturated rings. The minimum atomic E-state index is 0.490. The number of fused-ring (bicyclic) bond motifs is 15. The zero-order valence-corrected chi connectivity index (χ0v) is 35.0. The molecule has 306 valence electrons. The first-order chi connectivity index (χ1) is 32.7. The predicted octanol–water partition coefficient (Wildman–Crippen LogP) is 16.0. The van der Waals surface area contributed by atoms with Crippen LogP contribution >= 0.6 is 0 Å². The van der Waals surface area contributed by atoms with E-state index in [1.807, 2.05) is 72.8 Å². The Bertz CT molecular complexity index is 4420. The number of furan rings is 3. The Hall–Kier alpha value is -9.07. The van der Waals surface area contributed by atoms with E-state index in [4.69, 9.17) is 28.2 Å². The molecule has 0 unspecified atom stereocenters. The maximum atomic E-state index is 6.89. The molecule has 5 heterocycles. The summed E-state index contributed by atoms with van der Waals surface area (Å²) in [5.74, 6) is 1.53. The highest BCUT2D eigenvalue weighted by Crippen LogP contribution is 2.44. The third-order valence-electron chi connectivity index (χ3n) is 13.4. The molecule has 0 spiro atoms. The van der Waals surface area contributed by atoms with E-state index in [-0.39, 0.29) is 0 Å². The normalized spacial score (nSPS) is 12.2. The van der Waals surface area contributed by atoms with Gasteiger partial charge < -0.3 is 17.8 Å². The van der Waals surface area contributed by atoms with Gasteiger partial charge in [0.1, 0.15) is 33.5 Å². The summed E-state index contributed by atoms with van der Waals surface area (Å²) in [6.45, 7) is 0. The number of hydrogen-bond donors (Lipinski definition) is 0. The molecule has 66 heavy (non-hydrogen) atoms. The van der Waals surface area contributed by atoms with Gasteiger partial charge in [0.05, 0.1) is 16.6 Å². The molecule has 15 rings (SSSR count). The Labute approximate surface area is 374 Å². The molecule has 0 N–H and O–H groups in total. The Morgan fingerprint density at radius 2 is 0.818 bits per heavy atom. The summed E-state index contributed by atoms with van der Waals surface area (Å²) in [4.78, 5) is 16.2. The van der Waals surface area contributed by atoms with Gasteiger partial charge in [-0.1, -0.05) is 127 Å². The molecular formula is C59H32N4O3. The summed E-state index contributed by atoms with van der Waals surface area (Å²) in [6.07, 6.45) is 0. The van der Waals surface area contributed by atoms with Crippen LogP contribution in [0.25, 0.3) is 149 Å². The lowest BCUT2D eigenvalue weighted by Gasteiger charge is -2.13. The van der Waals surface area contributed by atoms with Gasteiger partial charge in [-0.15, -0.1) is 0 Å². The van der Waals surface area contributed by atoms with Gasteiger partial charge in [0.15, 0.2) is 17.5 Å². The Morgan fingerprint density at radius 3 is 1.47 bits per heavy atom. The van der Waals surface area contributed by atoms with Crippen LogP contribution in [0.4, 0.5) is 0 Å². The van der Waals surface area contributed by atoms with E-state index in [0.29, 0.717) is 23.1 Å². The minimum absolute atomic E-state index is 0.490. The van der Waals surface area contributed by atoms with Crippen LogP contribution in [-0.2, 0) is 0 Å². The molecule has 0 saturated heterocycles. The maximum Gasteiger partial charge on any atom is 0.167 e. The highest BCUT2D eigenvalue weighted by atomic mass is 16.3. The van der Waals surface area contributed by atoms with Crippen molar-refractivity contribution in [2.75, 3.05) is 0 Å². The van der Waals surface area contributed by atoms with E-state index in [0.717, 1.165) is 104 Å². The molecule has 0 bridgehead atoms. The van der Waals surface area contributed by atoms with Crippen molar-refractivity contribution >= 4 is 109 Å². The van der Waals surface area contributed by atoms with E-state index in [1.54, 1.807) is 0 Å². The summed E-state index contributed by atoms with van der Waals surface area (Å²) < 4.78 is 22.1. The smallest absolute Gasteiger partial charge is 0.167 e. The van der Waals surface area contributed by atoms with Crippen molar-refractivity contribution in [2.24, 2.45) is 0 Å². The molecule has 0 aliphatic heterocycles. The van der Waals surface area contributed by atoms with Crippen LogP contribution in [0, 0.1) is 0 Å². The van der Waals surface area contributed by atoms with Crippen LogP contribution in [0.3, 0.4) is 0 Å². The number of nitrogens with zero attached hydrogens (tertiary/aromatic N) is 4. The van der Waals surface area contributed by atoms with Crippen molar-refractivity contribution in [1.29, 1.82) is 0 Å². The number of benzene rings is 10. The third-order valence-corrected chi connectivity index (χ3v) is 13.4. The number of rotatable bonds is 4. The van der Waals surface area contributed by atoms with Crippen LogP contribution in [0.15, 0.2) is 207 Å². The zero-order valence-electron chi connectivity index (χ0n) is 35.0. The minimum Gasteiger partial charge on any atom is -0.456 e. The third kappa shape index (κ3) is 4.99. The average molecular weight is 845 g/mol. The van der Waals surface area contributed by atoms with E-state index in [1.165, 1.54) is 21.5 Å². The fraction of sp³-hybridized carbons (Fsp3) is 0. The lowest BCUT2D eigenvalue weighted by Crippen LogP contribution is -2.01. The fourth-order valence-electron chi connectivity index (χ4n) is 10.5. The van der Waals surface area contributed by atoms with Gasteiger partial charge in [-0.05, 0) is 88.3 Å². The monoisotopic (exact) mass is 844 g/mol. The van der Waals surface area contributed by atoms with Gasteiger partial charge in [-0.2, -0.15) is 0 Å². The summed E-state index contributed by atoms with van der Waals surface area (Å²) in [7, 11) is 0. The van der Waals surface area contributed by atoms with Crippen molar-refractivity contribution < 1.29 is 13.3 Å². The van der Waals surface area contributed by atoms with Gasteiger partial charge in [0, 0.05) is 59.9 Å². The zero-order chi connectivity index (χ0) is 43.0. The lowest BCUT2D eigenvalue weighted by molar-refractivity contribution is 0.668. The van der Waals surface area contributed by atoms with Gasteiger partial charge >= 0.3 is 0 Å². The molecule has 15 aromatic rings. The maximum absolute atomic E-state index is 6.89.